The summed E-state index contributed by atoms with van der Waals surface area (Å²) >= 11 is 1.11. The molecule has 1 aromatic heterocycles. The highest BCUT2D eigenvalue weighted by Gasteiger charge is 2.26. The van der Waals surface area contributed by atoms with Crippen LogP contribution in [0.5, 0.6) is 0 Å². The number of rotatable bonds is 4. The number of anilines is 2. The second-order valence-corrected chi connectivity index (χ2v) is 7.28. The van der Waals surface area contributed by atoms with Crippen LogP contribution in [0.4, 0.5) is 11.6 Å². The summed E-state index contributed by atoms with van der Waals surface area (Å²) in [6.07, 6.45) is 1.56. The predicted octanol–water partition coefficient (Wildman–Crippen LogP) is 3.52. The summed E-state index contributed by atoms with van der Waals surface area (Å²) in [6.45, 7) is 5.50. The summed E-state index contributed by atoms with van der Waals surface area (Å²) in [4.78, 5) is 24.5. The molecule has 1 amide bonds. The fraction of sp³-hybridized carbons (Fsp3) is 0.368. The van der Waals surface area contributed by atoms with Crippen LogP contribution < -0.4 is 10.2 Å². The van der Waals surface area contributed by atoms with Crippen molar-refractivity contribution in [3.8, 4) is 5.40 Å². The number of piperidine rings is 1. The molecule has 0 atom stereocenters. The third-order valence-electron chi connectivity index (χ3n) is 4.40. The number of aromatic nitrogens is 2. The van der Waals surface area contributed by atoms with E-state index >= 15 is 0 Å². The fourth-order valence-corrected chi connectivity index (χ4v) is 3.47. The second kappa shape index (κ2) is 8.19. The van der Waals surface area contributed by atoms with E-state index in [1.807, 2.05) is 49.6 Å². The molecule has 3 rings (SSSR count). The first-order valence-corrected chi connectivity index (χ1v) is 9.41. The Bertz CT molecular complexity index is 803. The van der Waals surface area contributed by atoms with Gasteiger partial charge in [0.05, 0.1) is 0 Å². The van der Waals surface area contributed by atoms with Crippen molar-refractivity contribution in [2.24, 2.45) is 5.92 Å². The topological polar surface area (TPSA) is 81.9 Å². The predicted molar refractivity (Wildman–Crippen MR) is 103 cm³/mol. The maximum Gasteiger partial charge on any atom is 0.227 e. The molecule has 2 heterocycles. The fourth-order valence-electron chi connectivity index (χ4n) is 3.09. The van der Waals surface area contributed by atoms with Gasteiger partial charge in [0.25, 0.3) is 0 Å². The van der Waals surface area contributed by atoms with E-state index in [4.69, 9.17) is 5.26 Å². The Hall–Kier alpha value is -2.59. The van der Waals surface area contributed by atoms with Gasteiger partial charge in [-0.2, -0.15) is 5.26 Å². The van der Waals surface area contributed by atoms with Crippen molar-refractivity contribution in [1.82, 2.24) is 9.97 Å². The standard InChI is InChI=1S/C19H21N5OS/c1-13-11-14(2)22-19(21-13)24-9-7-15(8-10-24)18(25)23-16-3-5-17(6-4-16)26-12-20/h3-6,11,15H,7-10H2,1-2H3,(H,23,25). The summed E-state index contributed by atoms with van der Waals surface area (Å²) in [7, 11) is 0. The molecular weight excluding hydrogens is 346 g/mol. The van der Waals surface area contributed by atoms with Gasteiger partial charge in [0.2, 0.25) is 11.9 Å². The van der Waals surface area contributed by atoms with Crippen LogP contribution in [-0.2, 0) is 4.79 Å². The van der Waals surface area contributed by atoms with Gasteiger partial charge in [0.15, 0.2) is 0 Å². The average molecular weight is 367 g/mol. The molecule has 1 fully saturated rings. The molecule has 26 heavy (non-hydrogen) atoms. The zero-order valence-electron chi connectivity index (χ0n) is 14.9. The van der Waals surface area contributed by atoms with Crippen LogP contribution in [0.3, 0.4) is 0 Å². The van der Waals surface area contributed by atoms with Crippen molar-refractivity contribution in [3.05, 3.63) is 41.7 Å². The Morgan fingerprint density at radius 3 is 2.38 bits per heavy atom. The van der Waals surface area contributed by atoms with E-state index in [-0.39, 0.29) is 11.8 Å². The van der Waals surface area contributed by atoms with Crippen LogP contribution in [0.2, 0.25) is 0 Å². The van der Waals surface area contributed by atoms with Gasteiger partial charge in [-0.15, -0.1) is 0 Å². The average Bonchev–Trinajstić information content (AvgIpc) is 2.63. The summed E-state index contributed by atoms with van der Waals surface area (Å²) < 4.78 is 0. The zero-order valence-corrected chi connectivity index (χ0v) is 15.7. The number of nitriles is 1. The molecule has 0 bridgehead atoms. The lowest BCUT2D eigenvalue weighted by Gasteiger charge is -2.31. The minimum absolute atomic E-state index is 0.00897. The molecule has 1 saturated heterocycles. The van der Waals surface area contributed by atoms with Crippen LogP contribution >= 0.6 is 11.8 Å². The van der Waals surface area contributed by atoms with Crippen LogP contribution in [-0.4, -0.2) is 29.0 Å². The van der Waals surface area contributed by atoms with Crippen molar-refractivity contribution in [3.63, 3.8) is 0 Å². The minimum atomic E-state index is -0.00897. The molecule has 0 aliphatic carbocycles. The molecule has 0 saturated carbocycles. The van der Waals surface area contributed by atoms with Crippen molar-refractivity contribution >= 4 is 29.3 Å². The molecular formula is C19H21N5OS. The molecule has 1 aliphatic rings. The number of benzene rings is 1. The molecule has 1 N–H and O–H groups in total. The third-order valence-corrected chi connectivity index (χ3v) is 5.00. The van der Waals surface area contributed by atoms with Crippen LogP contribution in [0.15, 0.2) is 35.2 Å². The van der Waals surface area contributed by atoms with Crippen molar-refractivity contribution < 1.29 is 4.79 Å². The highest BCUT2D eigenvalue weighted by Crippen LogP contribution is 2.24. The molecule has 134 valence electrons. The Morgan fingerprint density at radius 1 is 1.19 bits per heavy atom. The van der Waals surface area contributed by atoms with Crippen molar-refractivity contribution in [2.75, 3.05) is 23.3 Å². The Balaban J connectivity index is 1.55. The third kappa shape index (κ3) is 4.52. The first-order chi connectivity index (χ1) is 12.5. The zero-order chi connectivity index (χ0) is 18.5. The van der Waals surface area contributed by atoms with Gasteiger partial charge in [-0.05, 0) is 68.8 Å². The molecule has 0 spiro atoms. The molecule has 2 aromatic rings. The Labute approximate surface area is 157 Å². The number of amides is 1. The van der Waals surface area contributed by atoms with Gasteiger partial charge in [0, 0.05) is 41.0 Å². The summed E-state index contributed by atoms with van der Waals surface area (Å²) in [5.74, 6) is 0.795. The van der Waals surface area contributed by atoms with Crippen LogP contribution in [0.1, 0.15) is 24.2 Å². The van der Waals surface area contributed by atoms with E-state index in [1.54, 1.807) is 0 Å². The first-order valence-electron chi connectivity index (χ1n) is 8.59. The van der Waals surface area contributed by atoms with E-state index in [1.165, 1.54) is 0 Å². The van der Waals surface area contributed by atoms with E-state index in [0.717, 1.165) is 65.6 Å². The second-order valence-electron chi connectivity index (χ2n) is 6.42. The van der Waals surface area contributed by atoms with Gasteiger partial charge in [-0.3, -0.25) is 4.79 Å². The molecule has 0 unspecified atom stereocenters. The lowest BCUT2D eigenvalue weighted by molar-refractivity contribution is -0.120. The quantitative estimate of drug-likeness (QED) is 0.658. The van der Waals surface area contributed by atoms with E-state index in [2.05, 4.69) is 20.2 Å². The van der Waals surface area contributed by atoms with Gasteiger partial charge in [0.1, 0.15) is 5.40 Å². The van der Waals surface area contributed by atoms with Gasteiger partial charge in [-0.1, -0.05) is 0 Å². The minimum Gasteiger partial charge on any atom is -0.341 e. The number of thiocyanates is 1. The van der Waals surface area contributed by atoms with Crippen molar-refractivity contribution in [2.45, 2.75) is 31.6 Å². The van der Waals surface area contributed by atoms with Gasteiger partial charge in [-0.25, -0.2) is 9.97 Å². The molecule has 1 aromatic carbocycles. The molecule has 6 nitrogen and oxygen atoms in total. The largest absolute Gasteiger partial charge is 0.341 e. The van der Waals surface area contributed by atoms with Crippen LogP contribution in [0, 0.1) is 30.4 Å². The van der Waals surface area contributed by atoms with Crippen molar-refractivity contribution in [1.29, 1.82) is 5.26 Å². The number of carbonyl (C=O) groups excluding carboxylic acids is 1. The smallest absolute Gasteiger partial charge is 0.227 e. The summed E-state index contributed by atoms with van der Waals surface area (Å²) in [5, 5.41) is 13.7. The summed E-state index contributed by atoms with van der Waals surface area (Å²) in [6, 6.07) is 9.29. The number of hydrogen-bond acceptors (Lipinski definition) is 6. The number of nitrogens with one attached hydrogen (secondary N) is 1. The SMILES string of the molecule is Cc1cc(C)nc(N2CCC(C(=O)Nc3ccc(SC#N)cc3)CC2)n1. The maximum atomic E-state index is 12.5. The molecule has 7 heteroatoms. The van der Waals surface area contributed by atoms with Crippen LogP contribution in [0.25, 0.3) is 0 Å². The Morgan fingerprint density at radius 2 is 1.81 bits per heavy atom. The lowest BCUT2D eigenvalue weighted by atomic mass is 9.96. The Kier molecular flexibility index (Phi) is 5.74. The highest BCUT2D eigenvalue weighted by atomic mass is 32.2. The number of carbonyl (C=O) groups is 1. The molecule has 0 radical (unpaired) electrons. The monoisotopic (exact) mass is 367 g/mol. The van der Waals surface area contributed by atoms with E-state index < -0.39 is 0 Å². The lowest BCUT2D eigenvalue weighted by Crippen LogP contribution is -2.39. The normalized spacial score (nSPS) is 14.7. The maximum absolute atomic E-state index is 12.5. The number of hydrogen-bond donors (Lipinski definition) is 1. The number of nitrogens with zero attached hydrogens (tertiary/aromatic N) is 4. The molecule has 1 aliphatic heterocycles. The highest BCUT2D eigenvalue weighted by molar-refractivity contribution is 8.03. The van der Waals surface area contributed by atoms with Gasteiger partial charge < -0.3 is 10.2 Å². The van der Waals surface area contributed by atoms with E-state index in [9.17, 15) is 4.79 Å². The van der Waals surface area contributed by atoms with E-state index in [0.29, 0.717) is 0 Å². The number of thioether (sulfide) groups is 1. The number of aryl methyl sites for hydroxylation is 2. The van der Waals surface area contributed by atoms with Gasteiger partial charge >= 0.3 is 0 Å². The summed E-state index contributed by atoms with van der Waals surface area (Å²) in [5.41, 5.74) is 2.69. The first kappa shape index (κ1) is 18.2.